The van der Waals surface area contributed by atoms with Crippen LogP contribution in [0.1, 0.15) is 57.2 Å². The van der Waals surface area contributed by atoms with Crippen LogP contribution in [0.4, 0.5) is 0 Å². The number of unbranched alkanes of at least 4 members (excludes halogenated alkanes) is 4. The van der Waals surface area contributed by atoms with E-state index in [1.807, 2.05) is 12.1 Å². The van der Waals surface area contributed by atoms with Gasteiger partial charge in [-0.15, -0.1) is 0 Å². The molecule has 0 aliphatic carbocycles. The smallest absolute Gasteiger partial charge is 0.119 e. The highest BCUT2D eigenvalue weighted by Crippen LogP contribution is 2.25. The van der Waals surface area contributed by atoms with E-state index in [0.717, 1.165) is 48.8 Å². The molecule has 1 heterocycles. The van der Waals surface area contributed by atoms with Crippen LogP contribution in [-0.4, -0.2) is 23.3 Å². The summed E-state index contributed by atoms with van der Waals surface area (Å²) in [6.07, 6.45) is 6.31. The summed E-state index contributed by atoms with van der Waals surface area (Å²) in [5.74, 6) is 0.940. The predicted molar refractivity (Wildman–Crippen MR) is 100 cm³/mol. The fourth-order valence-electron chi connectivity index (χ4n) is 2.76. The average molecular weight is 329 g/mol. The van der Waals surface area contributed by atoms with Gasteiger partial charge in [-0.3, -0.25) is 5.10 Å². The van der Waals surface area contributed by atoms with Crippen LogP contribution in [0.5, 0.6) is 5.75 Å². The Morgan fingerprint density at radius 2 is 1.79 bits per heavy atom. The zero-order valence-electron chi connectivity index (χ0n) is 15.3. The highest BCUT2D eigenvalue weighted by molar-refractivity contribution is 5.64. The second kappa shape index (κ2) is 10.1. The monoisotopic (exact) mass is 329 g/mol. The van der Waals surface area contributed by atoms with E-state index >= 15 is 0 Å². The van der Waals surface area contributed by atoms with Crippen molar-refractivity contribution in [2.24, 2.45) is 0 Å². The fraction of sp³-hybridized carbons (Fsp3) is 0.550. The number of nitrogens with one attached hydrogen (secondary N) is 2. The zero-order chi connectivity index (χ0) is 17.2. The third-order valence-corrected chi connectivity index (χ3v) is 4.27. The van der Waals surface area contributed by atoms with E-state index in [1.54, 1.807) is 0 Å². The molecule has 4 heteroatoms. The van der Waals surface area contributed by atoms with Gasteiger partial charge < -0.3 is 10.1 Å². The standard InChI is InChI=1S/C20H31N3O/c1-4-6-7-8-9-14-24-18-12-10-17(11-13-18)20-19(15-21-5-2)16(3)22-23-20/h10-13,21H,4-9,14-15H2,1-3H3,(H,22,23). The van der Waals surface area contributed by atoms with Crippen LogP contribution in [0.2, 0.25) is 0 Å². The van der Waals surface area contributed by atoms with Crippen LogP contribution in [-0.2, 0) is 6.54 Å². The van der Waals surface area contributed by atoms with Crippen molar-refractivity contribution in [1.29, 1.82) is 0 Å². The van der Waals surface area contributed by atoms with Gasteiger partial charge in [0.05, 0.1) is 12.3 Å². The summed E-state index contributed by atoms with van der Waals surface area (Å²) < 4.78 is 5.84. The van der Waals surface area contributed by atoms with E-state index in [9.17, 15) is 0 Å². The number of hydrogen-bond acceptors (Lipinski definition) is 3. The zero-order valence-corrected chi connectivity index (χ0v) is 15.3. The van der Waals surface area contributed by atoms with Gasteiger partial charge in [-0.05, 0) is 44.2 Å². The summed E-state index contributed by atoms with van der Waals surface area (Å²) in [4.78, 5) is 0. The van der Waals surface area contributed by atoms with Gasteiger partial charge in [0.25, 0.3) is 0 Å². The molecule has 1 aromatic heterocycles. The summed E-state index contributed by atoms with van der Waals surface area (Å²) in [6, 6.07) is 8.28. The first kappa shape index (κ1) is 18.5. The summed E-state index contributed by atoms with van der Waals surface area (Å²) in [5, 5.41) is 10.9. The van der Waals surface area contributed by atoms with Gasteiger partial charge in [0.15, 0.2) is 0 Å². The maximum absolute atomic E-state index is 5.84. The number of ether oxygens (including phenoxy) is 1. The molecule has 4 nitrogen and oxygen atoms in total. The van der Waals surface area contributed by atoms with E-state index in [2.05, 4.69) is 48.4 Å². The van der Waals surface area contributed by atoms with Crippen molar-refractivity contribution in [3.05, 3.63) is 35.5 Å². The average Bonchev–Trinajstić information content (AvgIpc) is 2.97. The summed E-state index contributed by atoms with van der Waals surface area (Å²) >= 11 is 0. The summed E-state index contributed by atoms with van der Waals surface area (Å²) in [7, 11) is 0. The minimum Gasteiger partial charge on any atom is -0.494 e. The van der Waals surface area contributed by atoms with Gasteiger partial charge in [-0.1, -0.05) is 39.5 Å². The van der Waals surface area contributed by atoms with Crippen molar-refractivity contribution >= 4 is 0 Å². The Labute approximate surface area is 146 Å². The molecule has 0 atom stereocenters. The predicted octanol–water partition coefficient (Wildman–Crippen LogP) is 4.84. The number of aryl methyl sites for hydroxylation is 1. The number of benzene rings is 1. The third kappa shape index (κ3) is 5.38. The molecule has 24 heavy (non-hydrogen) atoms. The van der Waals surface area contributed by atoms with E-state index < -0.39 is 0 Å². The van der Waals surface area contributed by atoms with Crippen molar-refractivity contribution < 1.29 is 4.74 Å². The number of hydrogen-bond donors (Lipinski definition) is 2. The third-order valence-electron chi connectivity index (χ3n) is 4.27. The molecular formula is C20H31N3O. The second-order valence-corrected chi connectivity index (χ2v) is 6.24. The second-order valence-electron chi connectivity index (χ2n) is 6.24. The molecule has 0 unspecified atom stereocenters. The Bertz CT molecular complexity index is 589. The van der Waals surface area contributed by atoms with Crippen LogP contribution in [0, 0.1) is 6.92 Å². The fourth-order valence-corrected chi connectivity index (χ4v) is 2.76. The molecule has 0 aliphatic rings. The Kier molecular flexibility index (Phi) is 7.83. The van der Waals surface area contributed by atoms with E-state index in [1.165, 1.54) is 31.2 Å². The molecule has 0 spiro atoms. The molecule has 0 aliphatic heterocycles. The lowest BCUT2D eigenvalue weighted by Gasteiger charge is -2.08. The first-order valence-corrected chi connectivity index (χ1v) is 9.24. The lowest BCUT2D eigenvalue weighted by Crippen LogP contribution is -2.12. The largest absolute Gasteiger partial charge is 0.494 e. The summed E-state index contributed by atoms with van der Waals surface area (Å²) in [5.41, 5.74) is 4.52. The quantitative estimate of drug-likeness (QED) is 0.580. The molecule has 2 N–H and O–H groups in total. The number of aromatic amines is 1. The van der Waals surface area contributed by atoms with Gasteiger partial charge in [-0.25, -0.2) is 0 Å². The molecule has 2 rings (SSSR count). The van der Waals surface area contributed by atoms with Gasteiger partial charge in [0, 0.05) is 23.4 Å². The molecule has 0 amide bonds. The highest BCUT2D eigenvalue weighted by atomic mass is 16.5. The lowest BCUT2D eigenvalue weighted by atomic mass is 10.1. The van der Waals surface area contributed by atoms with Crippen molar-refractivity contribution in [2.45, 2.75) is 59.4 Å². The van der Waals surface area contributed by atoms with Crippen molar-refractivity contribution in [1.82, 2.24) is 15.5 Å². The highest BCUT2D eigenvalue weighted by Gasteiger charge is 2.11. The van der Waals surface area contributed by atoms with Crippen molar-refractivity contribution in [3.63, 3.8) is 0 Å². The molecule has 0 bridgehead atoms. The normalized spacial score (nSPS) is 11.0. The topological polar surface area (TPSA) is 49.9 Å². The lowest BCUT2D eigenvalue weighted by molar-refractivity contribution is 0.304. The van der Waals surface area contributed by atoms with Gasteiger partial charge >= 0.3 is 0 Å². The first-order chi connectivity index (χ1) is 11.8. The Balaban J connectivity index is 1.90. The van der Waals surface area contributed by atoms with Crippen molar-refractivity contribution in [3.8, 4) is 17.0 Å². The molecule has 132 valence electrons. The van der Waals surface area contributed by atoms with Gasteiger partial charge in [0.2, 0.25) is 0 Å². The van der Waals surface area contributed by atoms with Crippen LogP contribution < -0.4 is 10.1 Å². The molecular weight excluding hydrogens is 298 g/mol. The molecule has 2 aromatic rings. The number of aromatic nitrogens is 2. The van der Waals surface area contributed by atoms with Crippen LogP contribution in [0.25, 0.3) is 11.3 Å². The van der Waals surface area contributed by atoms with Crippen LogP contribution >= 0.6 is 0 Å². The van der Waals surface area contributed by atoms with Crippen LogP contribution in [0.3, 0.4) is 0 Å². The Morgan fingerprint density at radius 1 is 1.04 bits per heavy atom. The van der Waals surface area contributed by atoms with Gasteiger partial charge in [-0.2, -0.15) is 5.10 Å². The van der Waals surface area contributed by atoms with Crippen molar-refractivity contribution in [2.75, 3.05) is 13.2 Å². The van der Waals surface area contributed by atoms with Crippen LogP contribution in [0.15, 0.2) is 24.3 Å². The molecule has 0 radical (unpaired) electrons. The maximum atomic E-state index is 5.84. The van der Waals surface area contributed by atoms with E-state index in [0.29, 0.717) is 0 Å². The summed E-state index contributed by atoms with van der Waals surface area (Å²) in [6.45, 7) is 9.01. The first-order valence-electron chi connectivity index (χ1n) is 9.24. The minimum atomic E-state index is 0.802. The minimum absolute atomic E-state index is 0.802. The van der Waals surface area contributed by atoms with Gasteiger partial charge in [0.1, 0.15) is 5.75 Å². The molecule has 1 aromatic carbocycles. The maximum Gasteiger partial charge on any atom is 0.119 e. The van der Waals surface area contributed by atoms with E-state index in [-0.39, 0.29) is 0 Å². The SMILES string of the molecule is CCCCCCCOc1ccc(-c2n[nH]c(C)c2CNCC)cc1. The number of H-pyrrole nitrogens is 1. The molecule has 0 saturated carbocycles. The number of rotatable bonds is 11. The Morgan fingerprint density at radius 3 is 2.50 bits per heavy atom. The molecule has 0 saturated heterocycles. The van der Waals surface area contributed by atoms with E-state index in [4.69, 9.17) is 4.74 Å². The number of nitrogens with zero attached hydrogens (tertiary/aromatic N) is 1. The Hall–Kier alpha value is -1.81. The molecule has 0 fully saturated rings.